The van der Waals surface area contributed by atoms with Crippen LogP contribution in [0, 0.1) is 6.92 Å². The molecule has 106 valence electrons. The molecule has 1 aromatic heterocycles. The maximum Gasteiger partial charge on any atom is 0.255 e. The van der Waals surface area contributed by atoms with Crippen LogP contribution >= 0.6 is 15.9 Å². The number of hydrogen-bond donors (Lipinski definition) is 1. The molecule has 0 saturated carbocycles. The molecule has 21 heavy (non-hydrogen) atoms. The van der Waals surface area contributed by atoms with E-state index in [1.54, 1.807) is 0 Å². The molecule has 4 nitrogen and oxygen atoms in total. The predicted octanol–water partition coefficient (Wildman–Crippen LogP) is 3.90. The van der Waals surface area contributed by atoms with E-state index in [2.05, 4.69) is 26.2 Å². The highest BCUT2D eigenvalue weighted by Crippen LogP contribution is 2.18. The van der Waals surface area contributed by atoms with Gasteiger partial charge in [0.05, 0.1) is 11.0 Å². The normalized spacial score (nSPS) is 10.8. The van der Waals surface area contributed by atoms with Crippen molar-refractivity contribution in [2.75, 3.05) is 5.32 Å². The number of rotatable bonds is 2. The van der Waals surface area contributed by atoms with Crippen LogP contribution in [-0.2, 0) is 7.05 Å². The van der Waals surface area contributed by atoms with E-state index in [-0.39, 0.29) is 5.91 Å². The number of hydrogen-bond acceptors (Lipinski definition) is 2. The third kappa shape index (κ3) is 2.69. The monoisotopic (exact) mass is 343 g/mol. The molecule has 3 rings (SSSR count). The Bertz CT molecular complexity index is 821. The average molecular weight is 344 g/mol. The van der Waals surface area contributed by atoms with Crippen molar-refractivity contribution < 1.29 is 4.79 Å². The lowest BCUT2D eigenvalue weighted by Crippen LogP contribution is -2.11. The molecule has 0 bridgehead atoms. The Morgan fingerprint density at radius 2 is 1.90 bits per heavy atom. The summed E-state index contributed by atoms with van der Waals surface area (Å²) < 4.78 is 2.98. The van der Waals surface area contributed by atoms with E-state index in [1.165, 1.54) is 0 Å². The Balaban J connectivity index is 1.89. The van der Waals surface area contributed by atoms with Crippen molar-refractivity contribution in [1.82, 2.24) is 9.55 Å². The van der Waals surface area contributed by atoms with Crippen molar-refractivity contribution in [2.45, 2.75) is 6.92 Å². The van der Waals surface area contributed by atoms with Gasteiger partial charge in [-0.05, 0) is 49.4 Å². The molecule has 0 saturated heterocycles. The summed E-state index contributed by atoms with van der Waals surface area (Å²) in [6.45, 7) is 1.95. The van der Waals surface area contributed by atoms with E-state index in [0.29, 0.717) is 5.56 Å². The number of aromatic nitrogens is 2. The van der Waals surface area contributed by atoms with E-state index >= 15 is 0 Å². The Labute approximate surface area is 130 Å². The first kappa shape index (κ1) is 13.8. The summed E-state index contributed by atoms with van der Waals surface area (Å²) in [5.74, 6) is 0.790. The fraction of sp³-hybridized carbons (Fsp3) is 0.125. The molecule has 0 fully saturated rings. The number of carbonyl (C=O) groups is 1. The molecule has 0 radical (unpaired) electrons. The number of halogens is 1. The second-order valence-electron chi connectivity index (χ2n) is 4.88. The second-order valence-corrected chi connectivity index (χ2v) is 5.80. The van der Waals surface area contributed by atoms with Crippen molar-refractivity contribution >= 4 is 38.6 Å². The fourth-order valence-corrected chi connectivity index (χ4v) is 2.46. The first-order valence-corrected chi connectivity index (χ1v) is 7.34. The zero-order valence-electron chi connectivity index (χ0n) is 11.7. The summed E-state index contributed by atoms with van der Waals surface area (Å²) in [7, 11) is 1.96. The van der Waals surface area contributed by atoms with E-state index in [4.69, 9.17) is 0 Å². The third-order valence-corrected chi connectivity index (χ3v) is 4.00. The van der Waals surface area contributed by atoms with E-state index in [9.17, 15) is 4.79 Å². The summed E-state index contributed by atoms with van der Waals surface area (Å²) in [5.41, 5.74) is 3.22. The lowest BCUT2D eigenvalue weighted by Gasteiger charge is -2.05. The molecule has 1 heterocycles. The minimum Gasteiger partial charge on any atom is -0.331 e. The van der Waals surface area contributed by atoms with Crippen molar-refractivity contribution in [3.05, 3.63) is 58.3 Å². The van der Waals surface area contributed by atoms with Gasteiger partial charge in [0.1, 0.15) is 5.82 Å². The second kappa shape index (κ2) is 5.33. The van der Waals surface area contributed by atoms with Gasteiger partial charge in [-0.15, -0.1) is 0 Å². The maximum absolute atomic E-state index is 12.3. The highest BCUT2D eigenvalue weighted by Gasteiger charge is 2.10. The Morgan fingerprint density at radius 1 is 1.19 bits per heavy atom. The number of aryl methyl sites for hydroxylation is 2. The summed E-state index contributed by atoms with van der Waals surface area (Å²) in [6.07, 6.45) is 0. The number of anilines is 1. The zero-order chi connectivity index (χ0) is 15.0. The number of benzene rings is 2. The van der Waals surface area contributed by atoms with Crippen LogP contribution in [0.1, 0.15) is 16.2 Å². The molecule has 0 aliphatic heterocycles. The standard InChI is InChI=1S/C16H14BrN3O/c1-10-18-14-9-11(3-8-15(14)20(10)2)16(21)19-13-6-4-12(17)5-7-13/h3-9H,1-2H3,(H,19,21). The molecule has 5 heteroatoms. The molecule has 0 aliphatic carbocycles. The van der Waals surface area contributed by atoms with Gasteiger partial charge >= 0.3 is 0 Å². The Hall–Kier alpha value is -2.14. The molecule has 0 aliphatic rings. The van der Waals surface area contributed by atoms with Gasteiger partial charge in [-0.2, -0.15) is 0 Å². The summed E-state index contributed by atoms with van der Waals surface area (Å²) in [4.78, 5) is 16.7. The first-order valence-electron chi connectivity index (χ1n) is 6.54. The van der Waals surface area contributed by atoms with Crippen LogP contribution in [0.15, 0.2) is 46.9 Å². The summed E-state index contributed by atoms with van der Waals surface area (Å²) in [6, 6.07) is 13.0. The number of imidazole rings is 1. The van der Waals surface area contributed by atoms with E-state index in [0.717, 1.165) is 27.0 Å². The van der Waals surface area contributed by atoms with Crippen molar-refractivity contribution in [3.63, 3.8) is 0 Å². The quantitative estimate of drug-likeness (QED) is 0.767. The van der Waals surface area contributed by atoms with Crippen LogP contribution in [0.4, 0.5) is 5.69 Å². The number of carbonyl (C=O) groups excluding carboxylic acids is 1. The van der Waals surface area contributed by atoms with E-state index in [1.807, 2.05) is 61.0 Å². The van der Waals surface area contributed by atoms with Crippen molar-refractivity contribution in [1.29, 1.82) is 0 Å². The van der Waals surface area contributed by atoms with Gasteiger partial charge < -0.3 is 9.88 Å². The average Bonchev–Trinajstić information content (AvgIpc) is 2.76. The Morgan fingerprint density at radius 3 is 2.62 bits per heavy atom. The SMILES string of the molecule is Cc1nc2cc(C(=O)Nc3ccc(Br)cc3)ccc2n1C. The molecule has 3 aromatic rings. The van der Waals surface area contributed by atoms with Gasteiger partial charge in [-0.25, -0.2) is 4.98 Å². The molecule has 0 atom stereocenters. The maximum atomic E-state index is 12.3. The first-order chi connectivity index (χ1) is 10.0. The largest absolute Gasteiger partial charge is 0.331 e. The molecular weight excluding hydrogens is 330 g/mol. The lowest BCUT2D eigenvalue weighted by molar-refractivity contribution is 0.102. The molecule has 1 N–H and O–H groups in total. The number of nitrogens with one attached hydrogen (secondary N) is 1. The van der Waals surface area contributed by atoms with Crippen molar-refractivity contribution in [3.8, 4) is 0 Å². The summed E-state index contributed by atoms with van der Waals surface area (Å²) >= 11 is 3.37. The smallest absolute Gasteiger partial charge is 0.255 e. The van der Waals surface area contributed by atoms with Gasteiger partial charge in [0.25, 0.3) is 5.91 Å². The van der Waals surface area contributed by atoms with Gasteiger partial charge in [0.2, 0.25) is 0 Å². The van der Waals surface area contributed by atoms with Gasteiger partial charge in [0, 0.05) is 22.8 Å². The molecule has 2 aromatic carbocycles. The lowest BCUT2D eigenvalue weighted by atomic mass is 10.2. The van der Waals surface area contributed by atoms with Crippen LogP contribution in [0.5, 0.6) is 0 Å². The predicted molar refractivity (Wildman–Crippen MR) is 87.5 cm³/mol. The molecular formula is C16H14BrN3O. The minimum absolute atomic E-state index is 0.137. The number of amides is 1. The minimum atomic E-state index is -0.137. The van der Waals surface area contributed by atoms with Gasteiger partial charge in [-0.3, -0.25) is 4.79 Å². The highest BCUT2D eigenvalue weighted by atomic mass is 79.9. The molecule has 0 unspecified atom stereocenters. The summed E-state index contributed by atoms with van der Waals surface area (Å²) in [5, 5.41) is 2.88. The third-order valence-electron chi connectivity index (χ3n) is 3.47. The zero-order valence-corrected chi connectivity index (χ0v) is 13.3. The highest BCUT2D eigenvalue weighted by molar-refractivity contribution is 9.10. The molecule has 0 spiro atoms. The van der Waals surface area contributed by atoms with Crippen LogP contribution in [0.3, 0.4) is 0 Å². The van der Waals surface area contributed by atoms with Gasteiger partial charge in [-0.1, -0.05) is 15.9 Å². The van der Waals surface area contributed by atoms with E-state index < -0.39 is 0 Å². The topological polar surface area (TPSA) is 46.9 Å². The fourth-order valence-electron chi connectivity index (χ4n) is 2.20. The van der Waals surface area contributed by atoms with Crippen molar-refractivity contribution in [2.24, 2.45) is 7.05 Å². The molecule has 1 amide bonds. The van der Waals surface area contributed by atoms with Gasteiger partial charge in [0.15, 0.2) is 0 Å². The van der Waals surface area contributed by atoms with Crippen LogP contribution in [0.25, 0.3) is 11.0 Å². The number of fused-ring (bicyclic) bond motifs is 1. The van der Waals surface area contributed by atoms with Crippen LogP contribution < -0.4 is 5.32 Å². The van der Waals surface area contributed by atoms with Crippen LogP contribution in [0.2, 0.25) is 0 Å². The van der Waals surface area contributed by atoms with Crippen LogP contribution in [-0.4, -0.2) is 15.5 Å². The number of nitrogens with zero attached hydrogens (tertiary/aromatic N) is 2. The Kier molecular flexibility index (Phi) is 3.51.